The third kappa shape index (κ3) is 51.2. The third-order valence-electron chi connectivity index (χ3n) is 7.49. The summed E-state index contributed by atoms with van der Waals surface area (Å²) in [6, 6.07) is 0. The molecule has 236 valence electrons. The number of unbranched alkanes of at least 4 members (excludes halogenated alkanes) is 26. The molecular weight excluding hydrogens is 521 g/mol. The summed E-state index contributed by atoms with van der Waals surface area (Å²) >= 11 is 0. The van der Waals surface area contributed by atoms with Crippen LogP contribution in [0.2, 0.25) is 0 Å². The molecule has 0 saturated heterocycles. The van der Waals surface area contributed by atoms with Gasteiger partial charge >= 0.3 is 58.0 Å². The average Bonchev–Trinajstić information content (AvgIpc) is 2.89. The zero-order valence-corrected chi connectivity index (χ0v) is 30.2. The maximum absolute atomic E-state index is 10.3. The molecule has 2 N–H and O–H groups in total. The maximum Gasteiger partial charge on any atom is 2.00 e. The molecule has 40 heavy (non-hydrogen) atoms. The molecule has 0 fully saturated rings. The molecule has 0 aromatic heterocycles. The second-order valence-corrected chi connectivity index (χ2v) is 11.5. The van der Waals surface area contributed by atoms with Gasteiger partial charge in [-0.15, -0.1) is 0 Å². The predicted octanol–water partition coefficient (Wildman–Crippen LogP) is 11.6. The van der Waals surface area contributed by atoms with Crippen LogP contribution in [0, 0.1) is 0 Å². The largest absolute Gasteiger partial charge is 2.00 e. The summed E-state index contributed by atoms with van der Waals surface area (Å²) in [5, 5.41) is 17.0. The Bertz CT molecular complexity index is 494. The van der Waals surface area contributed by atoms with Crippen molar-refractivity contribution in [1.29, 1.82) is 0 Å². The molecule has 0 unspecified atom stereocenters. The van der Waals surface area contributed by atoms with Crippen LogP contribution in [0.25, 0.3) is 0 Å². The third-order valence-corrected chi connectivity index (χ3v) is 7.49. The minimum Gasteiger partial charge on any atom is -1.00 e. The fourth-order valence-electron chi connectivity index (χ4n) is 4.94. The molecule has 4 nitrogen and oxygen atoms in total. The van der Waals surface area contributed by atoms with Gasteiger partial charge in [0.05, 0.1) is 0 Å². The van der Waals surface area contributed by atoms with Crippen LogP contribution in [-0.2, 0) is 9.59 Å². The Kier molecular flexibility index (Phi) is 52.1. The summed E-state index contributed by atoms with van der Waals surface area (Å²) in [6.45, 7) is 4.53. The van der Waals surface area contributed by atoms with Crippen LogP contribution in [0.4, 0.5) is 0 Å². The van der Waals surface area contributed by atoms with E-state index in [4.69, 9.17) is 10.2 Å². The van der Waals surface area contributed by atoms with E-state index in [1.54, 1.807) is 0 Å². The second-order valence-electron chi connectivity index (χ2n) is 11.5. The Morgan fingerprint density at radius 2 is 0.500 bits per heavy atom. The minimum atomic E-state index is -0.655. The first-order chi connectivity index (χ1) is 18.5. The molecule has 0 heterocycles. The molecule has 0 aliphatic heterocycles. The zero-order valence-electron chi connectivity index (χ0n) is 31.3. The summed E-state index contributed by atoms with van der Waals surface area (Å²) in [6.07, 6.45) is 37.5. The van der Waals surface area contributed by atoms with Crippen LogP contribution in [0.5, 0.6) is 0 Å². The van der Waals surface area contributed by atoms with Crippen molar-refractivity contribution >= 4 is 58.0 Å². The molecule has 0 aliphatic carbocycles. The molecule has 0 saturated carbocycles. The first-order valence-electron chi connectivity index (χ1n) is 17.0. The normalized spacial score (nSPS) is 10.2. The summed E-state index contributed by atoms with van der Waals surface area (Å²) in [4.78, 5) is 20.6. The fraction of sp³-hybridized carbons (Fsp3) is 0.941. The van der Waals surface area contributed by atoms with Gasteiger partial charge in [0.2, 0.25) is 0 Å². The average molecular weight is 594 g/mol. The summed E-state index contributed by atoms with van der Waals surface area (Å²) in [5.74, 6) is -1.31. The van der Waals surface area contributed by atoms with E-state index < -0.39 is 11.9 Å². The summed E-state index contributed by atoms with van der Waals surface area (Å²) in [5.41, 5.74) is 0. The quantitative estimate of drug-likeness (QED) is 0.0642. The van der Waals surface area contributed by atoms with E-state index in [0.29, 0.717) is 12.8 Å². The van der Waals surface area contributed by atoms with Gasteiger partial charge in [0.1, 0.15) is 0 Å². The van der Waals surface area contributed by atoms with Crippen LogP contribution >= 0.6 is 0 Å². The number of carbonyl (C=O) groups is 2. The molecule has 0 atom stereocenters. The predicted molar refractivity (Wildman–Crippen MR) is 181 cm³/mol. The van der Waals surface area contributed by atoms with Gasteiger partial charge in [-0.05, 0) is 12.8 Å². The fourth-order valence-corrected chi connectivity index (χ4v) is 4.94. The number of hydrogen-bond donors (Lipinski definition) is 2. The Labute approximate surface area is 288 Å². The molecule has 0 amide bonds. The van der Waals surface area contributed by atoms with Gasteiger partial charge in [-0.2, -0.15) is 0 Å². The standard InChI is InChI=1S/C18H36O2.C16H32O2.2Mg.4H/c1-2-3-4-5-6-7-8-9-10-11-12-13-14-15-16-17-18(19)20;1-2-3-4-5-6-7-8-9-10-11-12-13-14-15-16(17)18;;;;;;/h2-17H2,1H3,(H,19,20);2-15H2,1H3,(H,17,18);;;;;;/q;;2*+2;4*-1. The van der Waals surface area contributed by atoms with E-state index in [-0.39, 0.29) is 51.8 Å². The molecule has 6 heteroatoms. The van der Waals surface area contributed by atoms with Crippen LogP contribution in [0.3, 0.4) is 0 Å². The van der Waals surface area contributed by atoms with E-state index >= 15 is 0 Å². The molecule has 0 aliphatic rings. The molecule has 0 aromatic rings. The number of rotatable bonds is 30. The topological polar surface area (TPSA) is 74.6 Å². The van der Waals surface area contributed by atoms with Gasteiger partial charge in [0, 0.05) is 12.8 Å². The molecular formula is C34H72Mg2O4. The van der Waals surface area contributed by atoms with Crippen molar-refractivity contribution < 1.29 is 25.5 Å². The van der Waals surface area contributed by atoms with Gasteiger partial charge in [-0.1, -0.05) is 181 Å². The number of carboxylic acids is 2. The van der Waals surface area contributed by atoms with Crippen LogP contribution in [0.15, 0.2) is 0 Å². The van der Waals surface area contributed by atoms with E-state index in [1.165, 1.54) is 154 Å². The Balaban J connectivity index is -0.0000000867. The van der Waals surface area contributed by atoms with Crippen molar-refractivity contribution in [1.82, 2.24) is 0 Å². The summed E-state index contributed by atoms with van der Waals surface area (Å²) < 4.78 is 0. The van der Waals surface area contributed by atoms with Crippen LogP contribution in [-0.4, -0.2) is 68.3 Å². The first kappa shape index (κ1) is 47.4. The van der Waals surface area contributed by atoms with E-state index in [0.717, 1.165) is 25.7 Å². The van der Waals surface area contributed by atoms with Gasteiger partial charge in [0.15, 0.2) is 0 Å². The van der Waals surface area contributed by atoms with Crippen molar-refractivity contribution in [3.8, 4) is 0 Å². The molecule has 0 rings (SSSR count). The number of aliphatic carboxylic acids is 2. The monoisotopic (exact) mass is 593 g/mol. The van der Waals surface area contributed by atoms with E-state index in [1.807, 2.05) is 0 Å². The van der Waals surface area contributed by atoms with Crippen molar-refractivity contribution in [2.45, 2.75) is 206 Å². The van der Waals surface area contributed by atoms with Crippen LogP contribution in [0.1, 0.15) is 212 Å². The van der Waals surface area contributed by atoms with Crippen molar-refractivity contribution in [2.24, 2.45) is 0 Å². The smallest absolute Gasteiger partial charge is 1.00 e. The van der Waals surface area contributed by atoms with Crippen molar-refractivity contribution in [3.05, 3.63) is 0 Å². The molecule has 0 bridgehead atoms. The maximum atomic E-state index is 10.3. The van der Waals surface area contributed by atoms with Crippen LogP contribution < -0.4 is 0 Å². The molecule has 0 radical (unpaired) electrons. The van der Waals surface area contributed by atoms with Gasteiger partial charge in [-0.3, -0.25) is 9.59 Å². The van der Waals surface area contributed by atoms with E-state index in [2.05, 4.69) is 13.8 Å². The number of carboxylic acid groups (broad SMARTS) is 2. The van der Waals surface area contributed by atoms with Gasteiger partial charge in [-0.25, -0.2) is 0 Å². The Morgan fingerprint density at radius 1 is 0.350 bits per heavy atom. The minimum absolute atomic E-state index is 0. The van der Waals surface area contributed by atoms with Crippen molar-refractivity contribution in [2.75, 3.05) is 0 Å². The molecule has 0 spiro atoms. The number of hydrogen-bond acceptors (Lipinski definition) is 2. The Hall–Kier alpha value is 0.472. The van der Waals surface area contributed by atoms with Gasteiger partial charge in [0.25, 0.3) is 0 Å². The SMILES string of the molecule is CCCCCCCCCCCCCCCC(=O)O.CCCCCCCCCCCCCCCCCC(=O)O.[H-].[H-].[H-].[H-].[Mg+2].[Mg+2]. The Morgan fingerprint density at radius 3 is 0.650 bits per heavy atom. The van der Waals surface area contributed by atoms with Gasteiger partial charge < -0.3 is 15.9 Å². The zero-order chi connectivity index (χ0) is 28.4. The second kappa shape index (κ2) is 43.9. The van der Waals surface area contributed by atoms with Crippen molar-refractivity contribution in [3.63, 3.8) is 0 Å². The molecule has 0 aromatic carbocycles. The summed E-state index contributed by atoms with van der Waals surface area (Å²) in [7, 11) is 0. The first-order valence-corrected chi connectivity index (χ1v) is 17.0. The van der Waals surface area contributed by atoms with E-state index in [9.17, 15) is 9.59 Å².